The first-order valence-electron chi connectivity index (χ1n) is 9.01. The van der Waals surface area contributed by atoms with Crippen LogP contribution in [0.4, 0.5) is 11.8 Å². The maximum atomic E-state index is 8.89. The van der Waals surface area contributed by atoms with Crippen LogP contribution >= 0.6 is 11.6 Å². The minimum Gasteiger partial charge on any atom is -0.492 e. The molecule has 1 aliphatic heterocycles. The van der Waals surface area contributed by atoms with Gasteiger partial charge in [0.2, 0.25) is 5.95 Å². The van der Waals surface area contributed by atoms with Crippen LogP contribution in [0.1, 0.15) is 30.9 Å². The molecule has 0 amide bonds. The van der Waals surface area contributed by atoms with E-state index < -0.39 is 0 Å². The van der Waals surface area contributed by atoms with Crippen LogP contribution in [0.25, 0.3) is 0 Å². The Balaban J connectivity index is 1.52. The number of ether oxygens (including phenoxy) is 1. The number of anilines is 2. The van der Waals surface area contributed by atoms with Crippen molar-refractivity contribution in [3.05, 3.63) is 40.5 Å². The second-order valence-electron chi connectivity index (χ2n) is 6.50. The molecular formula is C19H23ClN6O. The van der Waals surface area contributed by atoms with Crippen LogP contribution in [-0.4, -0.2) is 40.6 Å². The lowest BCUT2D eigenvalue weighted by atomic mass is 10.0. The molecule has 0 spiro atoms. The van der Waals surface area contributed by atoms with E-state index >= 15 is 0 Å². The monoisotopic (exact) mass is 386 g/mol. The first-order chi connectivity index (χ1) is 13.1. The van der Waals surface area contributed by atoms with Gasteiger partial charge >= 0.3 is 0 Å². The lowest BCUT2D eigenvalue weighted by Gasteiger charge is -2.32. The topological polar surface area (TPSA) is 100 Å². The van der Waals surface area contributed by atoms with Crippen molar-refractivity contribution >= 4 is 23.4 Å². The van der Waals surface area contributed by atoms with E-state index in [9.17, 15) is 0 Å². The molecule has 0 bridgehead atoms. The number of hydrogen-bond donors (Lipinski definition) is 2. The van der Waals surface area contributed by atoms with E-state index in [2.05, 4.69) is 20.2 Å². The molecule has 2 aromatic rings. The summed E-state index contributed by atoms with van der Waals surface area (Å²) in [5.41, 5.74) is 7.24. The van der Waals surface area contributed by atoms with Gasteiger partial charge in [-0.3, -0.25) is 4.90 Å². The van der Waals surface area contributed by atoms with Crippen molar-refractivity contribution < 1.29 is 4.74 Å². The lowest BCUT2D eigenvalue weighted by molar-refractivity contribution is 0.210. The maximum absolute atomic E-state index is 8.89. The number of hydrogen-bond acceptors (Lipinski definition) is 7. The Bertz CT molecular complexity index is 829. The zero-order chi connectivity index (χ0) is 19.2. The summed E-state index contributed by atoms with van der Waals surface area (Å²) in [7, 11) is 0. The highest BCUT2D eigenvalue weighted by atomic mass is 35.5. The first kappa shape index (κ1) is 19.2. The highest BCUT2D eigenvalue weighted by Crippen LogP contribution is 2.27. The summed E-state index contributed by atoms with van der Waals surface area (Å²) in [6.07, 6.45) is 3.42. The number of rotatable bonds is 6. The molecule has 142 valence electrons. The van der Waals surface area contributed by atoms with Crippen molar-refractivity contribution in [3.63, 3.8) is 0 Å². The largest absolute Gasteiger partial charge is 0.492 e. The molecule has 3 rings (SSSR count). The van der Waals surface area contributed by atoms with Crippen molar-refractivity contribution in [3.8, 4) is 11.8 Å². The molecule has 1 aromatic carbocycles. The van der Waals surface area contributed by atoms with Gasteiger partial charge in [-0.2, -0.15) is 10.2 Å². The third-order valence-electron chi connectivity index (χ3n) is 4.56. The summed E-state index contributed by atoms with van der Waals surface area (Å²) in [6, 6.07) is 8.21. The average Bonchev–Trinajstić information content (AvgIpc) is 2.66. The second-order valence-corrected chi connectivity index (χ2v) is 6.90. The van der Waals surface area contributed by atoms with Crippen LogP contribution in [0, 0.1) is 11.3 Å². The Kier molecular flexibility index (Phi) is 6.32. The molecular weight excluding hydrogens is 364 g/mol. The van der Waals surface area contributed by atoms with Crippen molar-refractivity contribution in [2.45, 2.75) is 32.4 Å². The van der Waals surface area contributed by atoms with E-state index in [-0.39, 0.29) is 11.9 Å². The third-order valence-corrected chi connectivity index (χ3v) is 4.87. The second kappa shape index (κ2) is 8.89. The van der Waals surface area contributed by atoms with Crippen LogP contribution in [-0.2, 0) is 6.54 Å². The molecule has 0 radical (unpaired) electrons. The van der Waals surface area contributed by atoms with Crippen LogP contribution in [0.5, 0.6) is 5.75 Å². The zero-order valence-corrected chi connectivity index (χ0v) is 16.0. The van der Waals surface area contributed by atoms with Gasteiger partial charge in [-0.1, -0.05) is 17.7 Å². The molecule has 3 N–H and O–H groups in total. The van der Waals surface area contributed by atoms with Gasteiger partial charge in [0.25, 0.3) is 0 Å². The maximum Gasteiger partial charge on any atom is 0.224 e. The highest BCUT2D eigenvalue weighted by Gasteiger charge is 2.20. The van der Waals surface area contributed by atoms with E-state index in [4.69, 9.17) is 27.3 Å². The fraction of sp³-hybridized carbons (Fsp3) is 0.421. The predicted molar refractivity (Wildman–Crippen MR) is 106 cm³/mol. The fourth-order valence-electron chi connectivity index (χ4n) is 3.14. The Morgan fingerprint density at radius 3 is 2.85 bits per heavy atom. The van der Waals surface area contributed by atoms with E-state index in [1.165, 1.54) is 11.8 Å². The zero-order valence-electron chi connectivity index (χ0n) is 15.3. The molecule has 1 aromatic heterocycles. The third kappa shape index (κ3) is 5.00. The van der Waals surface area contributed by atoms with E-state index in [0.29, 0.717) is 23.1 Å². The number of halogens is 1. The van der Waals surface area contributed by atoms with E-state index in [0.717, 1.165) is 38.2 Å². The first-order valence-corrected chi connectivity index (χ1v) is 9.39. The Hall–Kier alpha value is -2.56. The molecule has 8 heteroatoms. The molecule has 1 aliphatic rings. The number of piperidine rings is 1. The molecule has 0 aliphatic carbocycles. The number of nitrogens with zero attached hydrogens (tertiary/aromatic N) is 4. The van der Waals surface area contributed by atoms with Gasteiger partial charge < -0.3 is 15.8 Å². The van der Waals surface area contributed by atoms with Gasteiger partial charge in [0.1, 0.15) is 23.2 Å². The number of nitrogen functional groups attached to an aromatic ring is 1. The minimum absolute atomic E-state index is 0.209. The van der Waals surface area contributed by atoms with E-state index in [1.807, 2.05) is 31.2 Å². The molecule has 27 heavy (non-hydrogen) atoms. The summed E-state index contributed by atoms with van der Waals surface area (Å²) < 4.78 is 5.57. The SMILES string of the molecule is CCOc1cc(CN2CCC(Nc3ncc(C#N)c(N)n3)CC2)ccc1Cl. The average molecular weight is 387 g/mol. The number of likely N-dealkylation sites (tertiary alicyclic amines) is 1. The molecule has 0 unspecified atom stereocenters. The fourth-order valence-corrected chi connectivity index (χ4v) is 3.31. The summed E-state index contributed by atoms with van der Waals surface area (Å²) >= 11 is 6.16. The van der Waals surface area contributed by atoms with E-state index in [1.54, 1.807) is 0 Å². The molecule has 2 heterocycles. The molecule has 1 saturated heterocycles. The van der Waals surface area contributed by atoms with Crippen LogP contribution < -0.4 is 15.8 Å². The molecule has 0 atom stereocenters. The summed E-state index contributed by atoms with van der Waals surface area (Å²) in [4.78, 5) is 10.7. The number of nitrogens with two attached hydrogens (primary N) is 1. The van der Waals surface area contributed by atoms with Crippen molar-refractivity contribution in [1.82, 2.24) is 14.9 Å². The van der Waals surface area contributed by atoms with Crippen molar-refractivity contribution in [2.75, 3.05) is 30.7 Å². The number of nitriles is 1. The van der Waals surface area contributed by atoms with Gasteiger partial charge in [-0.25, -0.2) is 4.98 Å². The number of aromatic nitrogens is 2. The molecule has 7 nitrogen and oxygen atoms in total. The van der Waals surface area contributed by atoms with Crippen molar-refractivity contribution in [1.29, 1.82) is 5.26 Å². The summed E-state index contributed by atoms with van der Waals surface area (Å²) in [6.45, 7) is 5.35. The Morgan fingerprint density at radius 2 is 2.19 bits per heavy atom. The standard InChI is InChI=1S/C19H23ClN6O/c1-2-27-17-9-13(3-4-16(17)20)12-26-7-5-15(6-8-26)24-19-23-11-14(10-21)18(22)25-19/h3-4,9,11,15H,2,5-8,12H2,1H3,(H3,22,23,24,25). The lowest BCUT2D eigenvalue weighted by Crippen LogP contribution is -2.39. The minimum atomic E-state index is 0.209. The smallest absolute Gasteiger partial charge is 0.224 e. The van der Waals surface area contributed by atoms with Gasteiger partial charge in [-0.15, -0.1) is 0 Å². The van der Waals surface area contributed by atoms with Crippen molar-refractivity contribution in [2.24, 2.45) is 0 Å². The number of nitrogens with one attached hydrogen (secondary N) is 1. The summed E-state index contributed by atoms with van der Waals surface area (Å²) in [5.74, 6) is 1.42. The van der Waals surface area contributed by atoms with Crippen LogP contribution in [0.3, 0.4) is 0 Å². The quantitative estimate of drug-likeness (QED) is 0.786. The van der Waals surface area contributed by atoms with Gasteiger partial charge in [0.15, 0.2) is 0 Å². The Labute approximate surface area is 164 Å². The predicted octanol–water partition coefficient (Wildman–Crippen LogP) is 3.06. The summed E-state index contributed by atoms with van der Waals surface area (Å²) in [5, 5.41) is 12.9. The normalized spacial score (nSPS) is 15.3. The number of benzene rings is 1. The molecule has 0 saturated carbocycles. The van der Waals surface area contributed by atoms with Crippen LogP contribution in [0.2, 0.25) is 5.02 Å². The molecule has 1 fully saturated rings. The Morgan fingerprint density at radius 1 is 1.41 bits per heavy atom. The highest BCUT2D eigenvalue weighted by molar-refractivity contribution is 6.32. The van der Waals surface area contributed by atoms with Gasteiger partial charge in [0.05, 0.1) is 17.8 Å². The van der Waals surface area contributed by atoms with Gasteiger partial charge in [-0.05, 0) is 37.5 Å². The van der Waals surface area contributed by atoms with Gasteiger partial charge in [0, 0.05) is 25.7 Å². The van der Waals surface area contributed by atoms with Crippen LogP contribution in [0.15, 0.2) is 24.4 Å².